The van der Waals surface area contributed by atoms with Crippen molar-refractivity contribution < 1.29 is 19.4 Å². The second-order valence-electron chi connectivity index (χ2n) is 4.40. The summed E-state index contributed by atoms with van der Waals surface area (Å²) in [5.74, 6) is -0.0121. The number of carbonyl (C=O) groups is 1. The van der Waals surface area contributed by atoms with Crippen LogP contribution in [-0.2, 0) is 14.3 Å². The van der Waals surface area contributed by atoms with Crippen molar-refractivity contribution in [3.05, 3.63) is 0 Å². The van der Waals surface area contributed by atoms with Crippen LogP contribution in [-0.4, -0.2) is 62.7 Å². The van der Waals surface area contributed by atoms with Crippen molar-refractivity contribution in [1.82, 2.24) is 10.6 Å². The molecule has 3 N–H and O–H groups in total. The molecule has 1 aliphatic rings. The number of carbonyl (C=O) groups excluding carboxylic acids is 1. The fraction of sp³-hybridized carbons (Fsp3) is 0.917. The molecule has 18 heavy (non-hydrogen) atoms. The van der Waals surface area contributed by atoms with E-state index in [0.717, 1.165) is 12.8 Å². The molecule has 0 radical (unpaired) electrons. The van der Waals surface area contributed by atoms with Gasteiger partial charge in [0.05, 0.1) is 32.5 Å². The number of hydrogen-bond acceptors (Lipinski definition) is 5. The Morgan fingerprint density at radius 3 is 2.78 bits per heavy atom. The maximum atomic E-state index is 11.3. The van der Waals surface area contributed by atoms with E-state index in [4.69, 9.17) is 9.47 Å². The van der Waals surface area contributed by atoms with E-state index >= 15 is 0 Å². The van der Waals surface area contributed by atoms with E-state index in [2.05, 4.69) is 10.6 Å². The van der Waals surface area contributed by atoms with Gasteiger partial charge in [-0.05, 0) is 19.8 Å². The van der Waals surface area contributed by atoms with Crippen molar-refractivity contribution >= 4 is 5.91 Å². The van der Waals surface area contributed by atoms with Crippen LogP contribution in [0.25, 0.3) is 0 Å². The molecule has 1 atom stereocenters. The maximum absolute atomic E-state index is 11.3. The molecule has 1 saturated carbocycles. The highest BCUT2D eigenvalue weighted by molar-refractivity contribution is 5.78. The summed E-state index contributed by atoms with van der Waals surface area (Å²) in [4.78, 5) is 11.3. The van der Waals surface area contributed by atoms with E-state index in [1.54, 1.807) is 0 Å². The molecule has 6 heteroatoms. The van der Waals surface area contributed by atoms with Gasteiger partial charge < -0.3 is 25.2 Å². The lowest BCUT2D eigenvalue weighted by atomic mass is 10.3. The number of hydrogen-bond donors (Lipinski definition) is 3. The molecule has 0 bridgehead atoms. The van der Waals surface area contributed by atoms with Gasteiger partial charge in [0.1, 0.15) is 0 Å². The van der Waals surface area contributed by atoms with Crippen LogP contribution in [0, 0.1) is 0 Å². The van der Waals surface area contributed by atoms with Gasteiger partial charge in [-0.3, -0.25) is 4.79 Å². The predicted molar refractivity (Wildman–Crippen MR) is 67.4 cm³/mol. The Labute approximate surface area is 108 Å². The molecule has 0 aromatic carbocycles. The fourth-order valence-corrected chi connectivity index (χ4v) is 1.40. The Morgan fingerprint density at radius 2 is 2.11 bits per heavy atom. The summed E-state index contributed by atoms with van der Waals surface area (Å²) in [7, 11) is 0. The highest BCUT2D eigenvalue weighted by Gasteiger charge is 2.22. The Kier molecular flexibility index (Phi) is 7.91. The van der Waals surface area contributed by atoms with E-state index in [-0.39, 0.29) is 19.1 Å². The minimum absolute atomic E-state index is 0.0121. The molecule has 6 nitrogen and oxygen atoms in total. The first-order valence-corrected chi connectivity index (χ1v) is 6.56. The molecule has 0 heterocycles. The summed E-state index contributed by atoms with van der Waals surface area (Å²) in [6, 6.07) is 0.381. The first-order chi connectivity index (χ1) is 8.72. The summed E-state index contributed by atoms with van der Waals surface area (Å²) >= 11 is 0. The molecule has 0 aliphatic heterocycles. The number of amides is 1. The summed E-state index contributed by atoms with van der Waals surface area (Å²) in [5, 5.41) is 15.3. The SMILES string of the molecule is CCOCCOCC(O)CNCC(=O)NC1CC1. The third-order valence-electron chi connectivity index (χ3n) is 2.49. The quantitative estimate of drug-likeness (QED) is 0.427. The number of nitrogens with one attached hydrogen (secondary N) is 2. The average Bonchev–Trinajstić information content (AvgIpc) is 3.12. The minimum Gasteiger partial charge on any atom is -0.389 e. The average molecular weight is 260 g/mol. The van der Waals surface area contributed by atoms with Crippen molar-refractivity contribution in [2.45, 2.75) is 31.9 Å². The van der Waals surface area contributed by atoms with E-state index < -0.39 is 6.10 Å². The van der Waals surface area contributed by atoms with Crippen LogP contribution in [0.3, 0.4) is 0 Å². The van der Waals surface area contributed by atoms with E-state index in [9.17, 15) is 9.90 Å². The fourth-order valence-electron chi connectivity index (χ4n) is 1.40. The lowest BCUT2D eigenvalue weighted by Gasteiger charge is -2.12. The van der Waals surface area contributed by atoms with Crippen molar-refractivity contribution in [1.29, 1.82) is 0 Å². The van der Waals surface area contributed by atoms with Gasteiger partial charge in [-0.2, -0.15) is 0 Å². The van der Waals surface area contributed by atoms with Crippen LogP contribution in [0.5, 0.6) is 0 Å². The topological polar surface area (TPSA) is 79.8 Å². The molecule has 0 aromatic heterocycles. The third kappa shape index (κ3) is 8.41. The van der Waals surface area contributed by atoms with E-state index in [1.165, 1.54) is 0 Å². The zero-order valence-corrected chi connectivity index (χ0v) is 11.0. The molecule has 1 amide bonds. The third-order valence-corrected chi connectivity index (χ3v) is 2.49. The molecular weight excluding hydrogens is 236 g/mol. The second-order valence-corrected chi connectivity index (χ2v) is 4.40. The minimum atomic E-state index is -0.597. The smallest absolute Gasteiger partial charge is 0.234 e. The first-order valence-electron chi connectivity index (χ1n) is 6.56. The summed E-state index contributed by atoms with van der Waals surface area (Å²) in [5.41, 5.74) is 0. The predicted octanol–water partition coefficient (Wildman–Crippen LogP) is -0.731. The lowest BCUT2D eigenvalue weighted by Crippen LogP contribution is -2.39. The second kappa shape index (κ2) is 9.27. The highest BCUT2D eigenvalue weighted by atomic mass is 16.5. The van der Waals surface area contributed by atoms with Gasteiger partial charge in [0.25, 0.3) is 0 Å². The zero-order chi connectivity index (χ0) is 13.2. The lowest BCUT2D eigenvalue weighted by molar-refractivity contribution is -0.120. The van der Waals surface area contributed by atoms with Gasteiger partial charge in [0.15, 0.2) is 0 Å². The standard InChI is InChI=1S/C12H24N2O4/c1-2-17-5-6-18-9-11(15)7-13-8-12(16)14-10-3-4-10/h10-11,13,15H,2-9H2,1H3,(H,14,16). The van der Waals surface area contributed by atoms with Crippen LogP contribution in [0.4, 0.5) is 0 Å². The Hall–Kier alpha value is -0.690. The monoisotopic (exact) mass is 260 g/mol. The van der Waals surface area contributed by atoms with Gasteiger partial charge in [-0.25, -0.2) is 0 Å². The van der Waals surface area contributed by atoms with Crippen LogP contribution < -0.4 is 10.6 Å². The van der Waals surface area contributed by atoms with Crippen molar-refractivity contribution in [3.8, 4) is 0 Å². The first kappa shape index (κ1) is 15.4. The molecule has 0 spiro atoms. The highest BCUT2D eigenvalue weighted by Crippen LogP contribution is 2.18. The number of aliphatic hydroxyl groups excluding tert-OH is 1. The molecule has 0 saturated heterocycles. The normalized spacial score (nSPS) is 16.6. The van der Waals surface area contributed by atoms with Crippen LogP contribution in [0.1, 0.15) is 19.8 Å². The molecule has 106 valence electrons. The Balaban J connectivity index is 1.86. The number of rotatable bonds is 11. The largest absolute Gasteiger partial charge is 0.389 e. The molecule has 1 unspecified atom stereocenters. The Morgan fingerprint density at radius 1 is 1.39 bits per heavy atom. The van der Waals surface area contributed by atoms with Crippen molar-refractivity contribution in [2.75, 3.05) is 39.5 Å². The number of ether oxygens (including phenoxy) is 2. The molecule has 1 rings (SSSR count). The van der Waals surface area contributed by atoms with E-state index in [0.29, 0.717) is 32.4 Å². The van der Waals surface area contributed by atoms with Gasteiger partial charge in [0.2, 0.25) is 5.91 Å². The van der Waals surface area contributed by atoms with Crippen LogP contribution >= 0.6 is 0 Å². The Bertz CT molecular complexity index is 234. The molecule has 1 aliphatic carbocycles. The summed E-state index contributed by atoms with van der Waals surface area (Å²) in [6.07, 6.45) is 1.57. The molecule has 1 fully saturated rings. The summed E-state index contributed by atoms with van der Waals surface area (Å²) < 4.78 is 10.3. The van der Waals surface area contributed by atoms with E-state index in [1.807, 2.05) is 6.92 Å². The van der Waals surface area contributed by atoms with Gasteiger partial charge in [-0.15, -0.1) is 0 Å². The molecule has 0 aromatic rings. The summed E-state index contributed by atoms with van der Waals surface area (Å²) in [6.45, 7) is 4.46. The maximum Gasteiger partial charge on any atom is 0.234 e. The van der Waals surface area contributed by atoms with Crippen LogP contribution in [0.15, 0.2) is 0 Å². The zero-order valence-electron chi connectivity index (χ0n) is 11.0. The van der Waals surface area contributed by atoms with Crippen molar-refractivity contribution in [3.63, 3.8) is 0 Å². The van der Waals surface area contributed by atoms with Gasteiger partial charge >= 0.3 is 0 Å². The van der Waals surface area contributed by atoms with Gasteiger partial charge in [0, 0.05) is 19.2 Å². The van der Waals surface area contributed by atoms with Crippen LogP contribution in [0.2, 0.25) is 0 Å². The van der Waals surface area contributed by atoms with Crippen molar-refractivity contribution in [2.24, 2.45) is 0 Å². The van der Waals surface area contributed by atoms with Gasteiger partial charge in [-0.1, -0.05) is 0 Å². The molecular formula is C12H24N2O4. The number of aliphatic hydroxyl groups is 1.